The van der Waals surface area contributed by atoms with E-state index in [9.17, 15) is 18.3 Å². The minimum Gasteiger partial charge on any atom is -0.487 e. The maximum atomic E-state index is 13.6. The van der Waals surface area contributed by atoms with Gasteiger partial charge in [-0.05, 0) is 38.0 Å². The zero-order valence-electron chi connectivity index (χ0n) is 20.8. The maximum Gasteiger partial charge on any atom is 0.247 e. The maximum absolute atomic E-state index is 13.6. The number of aliphatic hydroxyl groups excluding tert-OH is 1. The first-order valence-electron chi connectivity index (χ1n) is 12.4. The smallest absolute Gasteiger partial charge is 0.247 e. The molecule has 0 saturated heterocycles. The molecule has 1 fully saturated rings. The second-order valence-corrected chi connectivity index (χ2v) is 11.5. The Kier molecular flexibility index (Phi) is 9.02. The molecule has 0 unspecified atom stereocenters. The number of carbonyl (C=O) groups excluding carboxylic acids is 1. The highest BCUT2D eigenvalue weighted by atomic mass is 32.2. The lowest BCUT2D eigenvalue weighted by molar-refractivity contribution is -0.131. The first-order chi connectivity index (χ1) is 16.2. The van der Waals surface area contributed by atoms with E-state index in [4.69, 9.17) is 4.74 Å². The van der Waals surface area contributed by atoms with Gasteiger partial charge in [-0.2, -0.15) is 4.31 Å². The van der Waals surface area contributed by atoms with Gasteiger partial charge >= 0.3 is 0 Å². The molecule has 3 atom stereocenters. The van der Waals surface area contributed by atoms with Gasteiger partial charge in [0.15, 0.2) is 0 Å². The van der Waals surface area contributed by atoms with Crippen LogP contribution >= 0.6 is 0 Å². The summed E-state index contributed by atoms with van der Waals surface area (Å²) >= 11 is 0. The highest BCUT2D eigenvalue weighted by molar-refractivity contribution is 7.89. The summed E-state index contributed by atoms with van der Waals surface area (Å²) in [6.45, 7) is 5.66. The first kappa shape index (κ1) is 26.5. The van der Waals surface area contributed by atoms with Gasteiger partial charge in [-0.25, -0.2) is 8.42 Å². The third kappa shape index (κ3) is 6.12. The van der Waals surface area contributed by atoms with E-state index >= 15 is 0 Å². The van der Waals surface area contributed by atoms with Crippen LogP contribution in [0.5, 0.6) is 5.75 Å². The Morgan fingerprint density at radius 1 is 1.29 bits per heavy atom. The molecular weight excluding hydrogens is 452 g/mol. The molecule has 1 heterocycles. The molecule has 1 amide bonds. The number of ether oxygens (including phenoxy) is 1. The number of fused-ring (bicyclic) bond motifs is 1. The van der Waals surface area contributed by atoms with Crippen LogP contribution in [-0.2, 0) is 14.8 Å². The molecule has 0 spiro atoms. The summed E-state index contributed by atoms with van der Waals surface area (Å²) in [7, 11) is -2.16. The van der Waals surface area contributed by atoms with Crippen LogP contribution in [0.2, 0.25) is 0 Å². The molecule has 34 heavy (non-hydrogen) atoms. The molecule has 1 aromatic rings. The van der Waals surface area contributed by atoms with E-state index in [1.165, 1.54) is 23.6 Å². The van der Waals surface area contributed by atoms with Crippen LogP contribution in [0.3, 0.4) is 0 Å². The van der Waals surface area contributed by atoms with Crippen molar-refractivity contribution in [3.63, 3.8) is 0 Å². The Balaban J connectivity index is 2.01. The average molecular weight is 491 g/mol. The fourth-order valence-electron chi connectivity index (χ4n) is 4.60. The van der Waals surface area contributed by atoms with E-state index < -0.39 is 22.2 Å². The number of hydrogen-bond donors (Lipinski definition) is 1. The normalized spacial score (nSPS) is 23.9. The lowest BCUT2D eigenvalue weighted by Crippen LogP contribution is -2.50. The molecule has 1 N–H and O–H groups in total. The van der Waals surface area contributed by atoms with Crippen LogP contribution in [0.15, 0.2) is 23.1 Å². The zero-order chi connectivity index (χ0) is 24.9. The monoisotopic (exact) mass is 490 g/mol. The van der Waals surface area contributed by atoms with Crippen LogP contribution in [-0.4, -0.2) is 67.5 Å². The van der Waals surface area contributed by atoms with Gasteiger partial charge in [0.25, 0.3) is 0 Å². The number of rotatable bonds is 5. The third-order valence-corrected chi connectivity index (χ3v) is 8.89. The highest BCUT2D eigenvalue weighted by Crippen LogP contribution is 2.34. The fraction of sp³-hybridized carbons (Fsp3) is 0.654. The molecule has 0 radical (unpaired) electrons. The average Bonchev–Trinajstić information content (AvgIpc) is 2.84. The van der Waals surface area contributed by atoms with Gasteiger partial charge in [0.1, 0.15) is 16.7 Å². The number of hydrogen-bond acceptors (Lipinski definition) is 5. The summed E-state index contributed by atoms with van der Waals surface area (Å²) in [5.41, 5.74) is 0.714. The van der Waals surface area contributed by atoms with Gasteiger partial charge in [0.2, 0.25) is 15.9 Å². The van der Waals surface area contributed by atoms with Crippen LogP contribution in [0.1, 0.15) is 64.9 Å². The number of amides is 1. The molecule has 0 aromatic heterocycles. The van der Waals surface area contributed by atoms with E-state index in [-0.39, 0.29) is 35.6 Å². The van der Waals surface area contributed by atoms with Crippen molar-refractivity contribution < 1.29 is 23.1 Å². The molecule has 1 saturated carbocycles. The van der Waals surface area contributed by atoms with Gasteiger partial charge < -0.3 is 14.7 Å². The van der Waals surface area contributed by atoms with Crippen LogP contribution in [0.25, 0.3) is 0 Å². The van der Waals surface area contributed by atoms with Crippen molar-refractivity contribution in [3.8, 4) is 17.6 Å². The van der Waals surface area contributed by atoms with Crippen LogP contribution < -0.4 is 4.74 Å². The standard InChI is InChI=1S/C26H38N2O5S/c1-5-26(30)27(4)17-24-19(2)16-28(20(3)18-29)34(31,32)25-14-13-22(15-23(25)33-24)12-11-21-9-7-6-8-10-21/h13-15,19-21,24,29H,5-10,16-18H2,1-4H3/t19-,20+,24-/m1/s1. The number of likely N-dealkylation sites (N-methyl/N-ethyl adjacent to an activating group) is 1. The number of sulfonamides is 1. The minimum absolute atomic E-state index is 0.00149. The van der Waals surface area contributed by atoms with E-state index in [2.05, 4.69) is 11.8 Å². The third-order valence-electron chi connectivity index (χ3n) is 6.87. The van der Waals surface area contributed by atoms with Crippen molar-refractivity contribution in [2.75, 3.05) is 26.7 Å². The Morgan fingerprint density at radius 2 is 2.00 bits per heavy atom. The summed E-state index contributed by atoms with van der Waals surface area (Å²) in [5.74, 6) is 7.00. The molecule has 8 heteroatoms. The lowest BCUT2D eigenvalue weighted by Gasteiger charge is -2.37. The first-order valence-corrected chi connectivity index (χ1v) is 13.8. The summed E-state index contributed by atoms with van der Waals surface area (Å²) < 4.78 is 34.8. The zero-order valence-corrected chi connectivity index (χ0v) is 21.6. The lowest BCUT2D eigenvalue weighted by atomic mass is 9.90. The molecule has 3 rings (SSSR count). The van der Waals surface area contributed by atoms with Crippen molar-refractivity contribution in [2.24, 2.45) is 11.8 Å². The van der Waals surface area contributed by atoms with Gasteiger partial charge in [0, 0.05) is 43.5 Å². The number of aliphatic hydroxyl groups is 1. The quantitative estimate of drug-likeness (QED) is 0.641. The van der Waals surface area contributed by atoms with Crippen molar-refractivity contribution in [3.05, 3.63) is 23.8 Å². The van der Waals surface area contributed by atoms with E-state index in [1.54, 1.807) is 37.1 Å². The van der Waals surface area contributed by atoms with E-state index in [0.29, 0.717) is 24.4 Å². The topological polar surface area (TPSA) is 87.2 Å². The Hall–Kier alpha value is -2.08. The summed E-state index contributed by atoms with van der Waals surface area (Å²) in [4.78, 5) is 13.9. The molecule has 188 valence electrons. The SMILES string of the molecule is CCC(=O)N(C)C[C@H]1Oc2cc(C#CC3CCCCC3)ccc2S(=O)(=O)N([C@@H](C)CO)C[C@H]1C. The number of carbonyl (C=O) groups is 1. The Bertz CT molecular complexity index is 1020. The molecule has 7 nitrogen and oxygen atoms in total. The molecule has 1 aromatic carbocycles. The van der Waals surface area contributed by atoms with Gasteiger partial charge in [-0.1, -0.05) is 45.0 Å². The van der Waals surface area contributed by atoms with Gasteiger partial charge in [-0.3, -0.25) is 4.79 Å². The van der Waals surface area contributed by atoms with Crippen molar-refractivity contribution in [2.45, 2.75) is 76.3 Å². The van der Waals surface area contributed by atoms with Gasteiger partial charge in [-0.15, -0.1) is 0 Å². The summed E-state index contributed by atoms with van der Waals surface area (Å²) in [6.07, 6.45) is 5.85. The van der Waals surface area contributed by atoms with E-state index in [1.807, 2.05) is 13.8 Å². The number of benzene rings is 1. The summed E-state index contributed by atoms with van der Waals surface area (Å²) in [6, 6.07) is 4.40. The van der Waals surface area contributed by atoms with Crippen molar-refractivity contribution >= 4 is 15.9 Å². The van der Waals surface area contributed by atoms with Crippen LogP contribution in [0, 0.1) is 23.7 Å². The van der Waals surface area contributed by atoms with Crippen molar-refractivity contribution in [1.82, 2.24) is 9.21 Å². The molecule has 2 aliphatic rings. The predicted molar refractivity (Wildman–Crippen MR) is 132 cm³/mol. The second kappa shape index (κ2) is 11.6. The largest absolute Gasteiger partial charge is 0.487 e. The highest BCUT2D eigenvalue weighted by Gasteiger charge is 2.38. The minimum atomic E-state index is -3.89. The van der Waals surface area contributed by atoms with Gasteiger partial charge in [0.05, 0.1) is 13.2 Å². The number of nitrogens with zero attached hydrogens (tertiary/aromatic N) is 2. The summed E-state index contributed by atoms with van der Waals surface area (Å²) in [5, 5.41) is 9.76. The molecule has 0 bridgehead atoms. The Labute approximate surface area is 204 Å². The Morgan fingerprint density at radius 3 is 2.65 bits per heavy atom. The van der Waals surface area contributed by atoms with E-state index in [0.717, 1.165) is 12.8 Å². The molecular formula is C26H38N2O5S. The molecule has 1 aliphatic carbocycles. The predicted octanol–water partition coefficient (Wildman–Crippen LogP) is 3.26. The second-order valence-electron chi connectivity index (χ2n) is 9.63. The van der Waals surface area contributed by atoms with Crippen molar-refractivity contribution in [1.29, 1.82) is 0 Å². The fourth-order valence-corrected chi connectivity index (χ4v) is 6.42. The molecule has 1 aliphatic heterocycles. The van der Waals surface area contributed by atoms with Crippen LogP contribution in [0.4, 0.5) is 0 Å².